The van der Waals surface area contributed by atoms with Gasteiger partial charge in [0, 0.05) is 20.3 Å². The number of ether oxygens (including phenoxy) is 2. The minimum absolute atomic E-state index is 0.244. The topological polar surface area (TPSA) is 134 Å². The molecule has 7 atom stereocenters. The maximum absolute atomic E-state index is 11.9. The second kappa shape index (κ2) is 8.02. The molecule has 0 radical (unpaired) electrons. The summed E-state index contributed by atoms with van der Waals surface area (Å²) in [4.78, 5) is 11.9. The van der Waals surface area contributed by atoms with Crippen molar-refractivity contribution in [3.8, 4) is 0 Å². The van der Waals surface area contributed by atoms with Crippen LogP contribution in [-0.2, 0) is 14.3 Å². The Kier molecular flexibility index (Phi) is 6.98. The van der Waals surface area contributed by atoms with Crippen LogP contribution in [0.15, 0.2) is 0 Å². The van der Waals surface area contributed by atoms with E-state index >= 15 is 0 Å². The second-order valence-electron chi connectivity index (χ2n) is 5.33. The van der Waals surface area contributed by atoms with Crippen LogP contribution in [-0.4, -0.2) is 78.0 Å². The van der Waals surface area contributed by atoms with Crippen molar-refractivity contribution in [3.63, 3.8) is 0 Å². The molecular formula is C13H26N2O6. The van der Waals surface area contributed by atoms with Crippen LogP contribution in [0.2, 0.25) is 0 Å². The number of carbonyl (C=O) groups excluding carboxylic acids is 1. The maximum Gasteiger partial charge on any atom is 0.251 e. The Bertz CT molecular complexity index is 343. The van der Waals surface area contributed by atoms with E-state index in [0.717, 1.165) is 0 Å². The number of carbonyl (C=O) groups is 1. The van der Waals surface area contributed by atoms with E-state index in [9.17, 15) is 20.1 Å². The Labute approximate surface area is 124 Å². The predicted octanol–water partition coefficient (Wildman–Crippen LogP) is -2.28. The Morgan fingerprint density at radius 2 is 1.90 bits per heavy atom. The summed E-state index contributed by atoms with van der Waals surface area (Å²) in [6.07, 6.45) is -4.35. The zero-order chi connectivity index (χ0) is 16.2. The monoisotopic (exact) mass is 306 g/mol. The number of hydrogen-bond acceptors (Lipinski definition) is 7. The molecule has 1 saturated carbocycles. The zero-order valence-electron chi connectivity index (χ0n) is 12.6. The SMILES string of the molecule is CCC(O)C(O)C(=O)N[C@@H]1C[C@H](N)[C@@H](OC)[C@H](OC)C1O. The summed E-state index contributed by atoms with van der Waals surface area (Å²) in [5, 5.41) is 31.9. The van der Waals surface area contributed by atoms with Crippen LogP contribution >= 0.6 is 0 Å². The molecular weight excluding hydrogens is 280 g/mol. The van der Waals surface area contributed by atoms with Gasteiger partial charge in [0.25, 0.3) is 5.91 Å². The van der Waals surface area contributed by atoms with E-state index in [2.05, 4.69) is 5.32 Å². The third-order valence-corrected chi connectivity index (χ3v) is 3.94. The van der Waals surface area contributed by atoms with E-state index in [1.165, 1.54) is 14.2 Å². The Morgan fingerprint density at radius 1 is 1.33 bits per heavy atom. The number of hydrogen-bond donors (Lipinski definition) is 5. The van der Waals surface area contributed by atoms with E-state index in [1.807, 2.05) is 0 Å². The first-order valence-corrected chi connectivity index (χ1v) is 7.03. The van der Waals surface area contributed by atoms with Crippen molar-refractivity contribution in [1.82, 2.24) is 5.32 Å². The first-order valence-electron chi connectivity index (χ1n) is 7.03. The number of methoxy groups -OCH3 is 2. The predicted molar refractivity (Wildman–Crippen MR) is 74.4 cm³/mol. The summed E-state index contributed by atoms with van der Waals surface area (Å²) in [6, 6.07) is -1.11. The molecule has 6 N–H and O–H groups in total. The van der Waals surface area contributed by atoms with Gasteiger partial charge in [0.15, 0.2) is 6.10 Å². The van der Waals surface area contributed by atoms with Gasteiger partial charge in [-0.25, -0.2) is 0 Å². The number of amides is 1. The zero-order valence-corrected chi connectivity index (χ0v) is 12.6. The molecule has 1 amide bonds. The molecule has 0 spiro atoms. The van der Waals surface area contributed by atoms with Crippen molar-refractivity contribution in [2.75, 3.05) is 14.2 Å². The highest BCUT2D eigenvalue weighted by molar-refractivity contribution is 5.81. The van der Waals surface area contributed by atoms with E-state index < -0.39 is 48.5 Å². The Morgan fingerprint density at radius 3 is 2.38 bits per heavy atom. The van der Waals surface area contributed by atoms with E-state index in [4.69, 9.17) is 15.2 Å². The van der Waals surface area contributed by atoms with Gasteiger partial charge in [-0.05, 0) is 12.8 Å². The molecule has 0 aromatic heterocycles. The fourth-order valence-corrected chi connectivity index (χ4v) is 2.63. The molecule has 0 heterocycles. The second-order valence-corrected chi connectivity index (χ2v) is 5.33. The van der Waals surface area contributed by atoms with Crippen molar-refractivity contribution < 1.29 is 29.6 Å². The Hall–Kier alpha value is -0.770. The highest BCUT2D eigenvalue weighted by Gasteiger charge is 2.44. The van der Waals surface area contributed by atoms with Crippen LogP contribution < -0.4 is 11.1 Å². The lowest BCUT2D eigenvalue weighted by atomic mass is 9.84. The van der Waals surface area contributed by atoms with E-state index in [0.29, 0.717) is 0 Å². The van der Waals surface area contributed by atoms with Crippen LogP contribution in [0.1, 0.15) is 19.8 Å². The van der Waals surface area contributed by atoms with Gasteiger partial charge in [0.2, 0.25) is 0 Å². The van der Waals surface area contributed by atoms with Crippen LogP contribution in [0.25, 0.3) is 0 Å². The lowest BCUT2D eigenvalue weighted by Gasteiger charge is -2.42. The molecule has 0 aromatic carbocycles. The summed E-state index contributed by atoms with van der Waals surface area (Å²) < 4.78 is 10.4. The Balaban J connectivity index is 2.73. The summed E-state index contributed by atoms with van der Waals surface area (Å²) in [5.41, 5.74) is 5.97. The van der Waals surface area contributed by atoms with Crippen molar-refractivity contribution in [3.05, 3.63) is 0 Å². The molecule has 1 rings (SSSR count). The third-order valence-electron chi connectivity index (χ3n) is 3.94. The number of aliphatic hydroxyl groups excluding tert-OH is 3. The molecule has 0 aliphatic heterocycles. The molecule has 1 aliphatic rings. The fraction of sp³-hybridized carbons (Fsp3) is 0.923. The summed E-state index contributed by atoms with van der Waals surface area (Å²) in [7, 11) is 2.90. The highest BCUT2D eigenvalue weighted by Crippen LogP contribution is 2.24. The summed E-state index contributed by atoms with van der Waals surface area (Å²) in [5.74, 6) is -0.744. The molecule has 1 fully saturated rings. The molecule has 21 heavy (non-hydrogen) atoms. The normalized spacial score (nSPS) is 36.0. The minimum Gasteiger partial charge on any atom is -0.390 e. The van der Waals surface area contributed by atoms with Gasteiger partial charge in [-0.15, -0.1) is 0 Å². The quantitative estimate of drug-likeness (QED) is 0.373. The maximum atomic E-state index is 11.9. The number of rotatable bonds is 6. The van der Waals surface area contributed by atoms with Gasteiger partial charge >= 0.3 is 0 Å². The third kappa shape index (κ3) is 4.12. The molecule has 8 nitrogen and oxygen atoms in total. The van der Waals surface area contributed by atoms with E-state index in [1.54, 1.807) is 6.92 Å². The lowest BCUT2D eigenvalue weighted by molar-refractivity contribution is -0.149. The standard InChI is InChI=1S/C13H26N2O6/c1-4-8(16)10(18)13(19)15-7-5-6(14)11(20-2)12(21-3)9(7)17/h6-12,16-18H,4-5,14H2,1-3H3,(H,15,19)/t6-,7+,8?,9?,10?,11+,12+/m0/s1. The largest absolute Gasteiger partial charge is 0.390 e. The van der Waals surface area contributed by atoms with E-state index in [-0.39, 0.29) is 12.8 Å². The van der Waals surface area contributed by atoms with Gasteiger partial charge < -0.3 is 35.8 Å². The van der Waals surface area contributed by atoms with Gasteiger partial charge in [-0.3, -0.25) is 4.79 Å². The van der Waals surface area contributed by atoms with Crippen LogP contribution in [0.3, 0.4) is 0 Å². The van der Waals surface area contributed by atoms with Gasteiger partial charge in [0.05, 0.1) is 12.1 Å². The van der Waals surface area contributed by atoms with Crippen LogP contribution in [0.4, 0.5) is 0 Å². The van der Waals surface area contributed by atoms with Gasteiger partial charge in [0.1, 0.15) is 18.3 Å². The number of nitrogens with one attached hydrogen (secondary N) is 1. The average molecular weight is 306 g/mol. The fourth-order valence-electron chi connectivity index (χ4n) is 2.63. The first kappa shape index (κ1) is 18.3. The van der Waals surface area contributed by atoms with Gasteiger partial charge in [-0.2, -0.15) is 0 Å². The molecule has 0 saturated heterocycles. The van der Waals surface area contributed by atoms with Crippen molar-refractivity contribution in [2.45, 2.75) is 62.4 Å². The minimum atomic E-state index is -1.54. The van der Waals surface area contributed by atoms with Crippen molar-refractivity contribution >= 4 is 5.91 Å². The lowest BCUT2D eigenvalue weighted by Crippen LogP contribution is -2.65. The number of aliphatic hydroxyl groups is 3. The number of nitrogens with two attached hydrogens (primary N) is 1. The molecule has 0 bridgehead atoms. The summed E-state index contributed by atoms with van der Waals surface area (Å²) >= 11 is 0. The smallest absolute Gasteiger partial charge is 0.251 e. The molecule has 124 valence electrons. The highest BCUT2D eigenvalue weighted by atomic mass is 16.5. The van der Waals surface area contributed by atoms with Crippen LogP contribution in [0, 0.1) is 0 Å². The molecule has 1 aliphatic carbocycles. The molecule has 0 aromatic rings. The van der Waals surface area contributed by atoms with Crippen LogP contribution in [0.5, 0.6) is 0 Å². The summed E-state index contributed by atoms with van der Waals surface area (Å²) in [6.45, 7) is 1.65. The molecule has 8 heteroatoms. The molecule has 3 unspecified atom stereocenters. The first-order chi connectivity index (χ1) is 9.87. The van der Waals surface area contributed by atoms with Crippen molar-refractivity contribution in [1.29, 1.82) is 0 Å². The average Bonchev–Trinajstić information content (AvgIpc) is 2.48. The van der Waals surface area contributed by atoms with Gasteiger partial charge in [-0.1, -0.05) is 6.92 Å². The van der Waals surface area contributed by atoms with Crippen molar-refractivity contribution in [2.24, 2.45) is 5.73 Å².